The lowest BCUT2D eigenvalue weighted by Gasteiger charge is -2.24. The van der Waals surface area contributed by atoms with Crippen LogP contribution in [0.25, 0.3) is 0 Å². The van der Waals surface area contributed by atoms with Crippen LogP contribution in [-0.2, 0) is 27.8 Å². The molecule has 3 atom stereocenters. The van der Waals surface area contributed by atoms with Crippen LogP contribution in [0.5, 0.6) is 0 Å². The summed E-state index contributed by atoms with van der Waals surface area (Å²) in [4.78, 5) is 29.9. The molecule has 0 bridgehead atoms. The number of carboxylic acids is 1. The summed E-state index contributed by atoms with van der Waals surface area (Å²) >= 11 is 6.21. The number of carbonyl (C=O) groups excluding carboxylic acids is 1. The van der Waals surface area contributed by atoms with E-state index < -0.39 is 27.8 Å². The average molecular weight is 572 g/mol. The molecule has 0 radical (unpaired) electrons. The van der Waals surface area contributed by atoms with Crippen LogP contribution < -0.4 is 4.72 Å². The summed E-state index contributed by atoms with van der Waals surface area (Å²) in [5, 5.41) is 9.77. The second-order valence-corrected chi connectivity index (χ2v) is 12.3. The van der Waals surface area contributed by atoms with Crippen molar-refractivity contribution in [2.45, 2.75) is 69.7 Å². The van der Waals surface area contributed by atoms with Crippen molar-refractivity contribution in [3.05, 3.63) is 82.4 Å². The maximum absolute atomic E-state index is 13.6. The van der Waals surface area contributed by atoms with Gasteiger partial charge >= 0.3 is 5.97 Å². The van der Waals surface area contributed by atoms with Gasteiger partial charge in [0.1, 0.15) is 5.82 Å². The first-order chi connectivity index (χ1) is 18.6. The zero-order valence-corrected chi connectivity index (χ0v) is 23.7. The van der Waals surface area contributed by atoms with Gasteiger partial charge in [0, 0.05) is 13.0 Å². The van der Waals surface area contributed by atoms with Gasteiger partial charge in [0.05, 0.1) is 10.8 Å². The fourth-order valence-corrected chi connectivity index (χ4v) is 6.79. The van der Waals surface area contributed by atoms with E-state index in [0.717, 1.165) is 30.4 Å². The number of carboxylic acid groups (broad SMARTS) is 1. The van der Waals surface area contributed by atoms with Crippen molar-refractivity contribution in [3.63, 3.8) is 0 Å². The Morgan fingerprint density at radius 3 is 2.46 bits per heavy atom. The quantitative estimate of drug-likeness (QED) is 0.310. The molecule has 1 aliphatic rings. The van der Waals surface area contributed by atoms with E-state index in [0.29, 0.717) is 31.6 Å². The van der Waals surface area contributed by atoms with E-state index in [1.807, 2.05) is 37.3 Å². The molecule has 0 aliphatic heterocycles. The van der Waals surface area contributed by atoms with E-state index in [4.69, 9.17) is 11.6 Å². The third-order valence-corrected chi connectivity index (χ3v) is 9.09. The Morgan fingerprint density at radius 1 is 1.13 bits per heavy atom. The molecule has 1 aliphatic carbocycles. The van der Waals surface area contributed by atoms with Crippen LogP contribution in [-0.4, -0.2) is 35.0 Å². The number of imidazole rings is 1. The van der Waals surface area contributed by atoms with E-state index in [1.165, 1.54) is 12.1 Å². The van der Waals surface area contributed by atoms with Crippen molar-refractivity contribution < 1.29 is 23.1 Å². The van der Waals surface area contributed by atoms with Crippen molar-refractivity contribution in [1.82, 2.24) is 14.3 Å². The molecule has 2 N–H and O–H groups in total. The van der Waals surface area contributed by atoms with Gasteiger partial charge < -0.3 is 9.67 Å². The van der Waals surface area contributed by atoms with Gasteiger partial charge in [-0.2, -0.15) is 0 Å². The number of carbonyl (C=O) groups is 2. The number of benzene rings is 2. The monoisotopic (exact) mass is 571 g/mol. The molecule has 4 rings (SSSR count). The van der Waals surface area contributed by atoms with Crippen molar-refractivity contribution in [1.29, 1.82) is 0 Å². The Morgan fingerprint density at radius 2 is 1.82 bits per heavy atom. The van der Waals surface area contributed by atoms with E-state index in [9.17, 15) is 23.1 Å². The number of nitrogens with one attached hydrogen (secondary N) is 1. The van der Waals surface area contributed by atoms with E-state index in [2.05, 4.69) is 16.6 Å². The fraction of sp³-hybridized carbons (Fsp3) is 0.414. The number of unbranched alkanes of at least 4 members (excludes halogenated alkanes) is 1. The van der Waals surface area contributed by atoms with Crippen molar-refractivity contribution in [2.75, 3.05) is 0 Å². The molecule has 2 aromatic carbocycles. The first-order valence-electron chi connectivity index (χ1n) is 13.3. The number of hydrogen-bond donors (Lipinski definition) is 2. The average Bonchev–Trinajstić information content (AvgIpc) is 3.47. The van der Waals surface area contributed by atoms with Crippen LogP contribution in [0.4, 0.5) is 0 Å². The second kappa shape index (κ2) is 12.3. The first kappa shape index (κ1) is 28.8. The summed E-state index contributed by atoms with van der Waals surface area (Å²) in [6.07, 6.45) is 4.56. The number of sulfonamides is 1. The molecule has 0 spiro atoms. The highest BCUT2D eigenvalue weighted by Gasteiger charge is 2.38. The molecule has 0 saturated heterocycles. The Bertz CT molecular complexity index is 1420. The minimum absolute atomic E-state index is 0.00670. The van der Waals surface area contributed by atoms with Gasteiger partial charge in [0.25, 0.3) is 10.0 Å². The topological polar surface area (TPSA) is 118 Å². The lowest BCUT2D eigenvalue weighted by atomic mass is 9.84. The summed E-state index contributed by atoms with van der Waals surface area (Å²) < 4.78 is 30.1. The normalized spacial score (nSPS) is 18.1. The van der Waals surface area contributed by atoms with Gasteiger partial charge in [-0.15, -0.1) is 0 Å². The number of aryl methyl sites for hydroxylation is 2. The zero-order chi connectivity index (χ0) is 28.2. The maximum Gasteiger partial charge on any atom is 0.355 e. The predicted octanol–water partition coefficient (Wildman–Crippen LogP) is 5.59. The molecule has 39 heavy (non-hydrogen) atoms. The summed E-state index contributed by atoms with van der Waals surface area (Å²) in [6, 6.07) is 15.6. The smallest absolute Gasteiger partial charge is 0.355 e. The summed E-state index contributed by atoms with van der Waals surface area (Å²) in [7, 11) is -4.04. The third kappa shape index (κ3) is 6.70. The molecule has 1 aromatic heterocycles. The summed E-state index contributed by atoms with van der Waals surface area (Å²) in [6.45, 7) is 4.35. The van der Waals surface area contributed by atoms with Gasteiger partial charge in [-0.25, -0.2) is 22.9 Å². The van der Waals surface area contributed by atoms with Crippen LogP contribution >= 0.6 is 11.6 Å². The minimum atomic E-state index is -4.04. The Labute approximate surface area is 234 Å². The van der Waals surface area contributed by atoms with Gasteiger partial charge in [-0.3, -0.25) is 4.79 Å². The van der Waals surface area contributed by atoms with Crippen molar-refractivity contribution >= 4 is 33.5 Å². The van der Waals surface area contributed by atoms with E-state index in [1.54, 1.807) is 16.7 Å². The zero-order valence-electron chi connectivity index (χ0n) is 22.1. The molecular formula is C29H34ClN3O5S. The largest absolute Gasteiger partial charge is 0.476 e. The lowest BCUT2D eigenvalue weighted by molar-refractivity contribution is -0.122. The molecule has 3 aromatic rings. The fourth-order valence-electron chi connectivity index (χ4n) is 5.50. The predicted molar refractivity (Wildman–Crippen MR) is 149 cm³/mol. The van der Waals surface area contributed by atoms with Gasteiger partial charge in [-0.1, -0.05) is 73.0 Å². The van der Waals surface area contributed by atoms with Gasteiger partial charge in [0.2, 0.25) is 5.91 Å². The number of hydrogen-bond acceptors (Lipinski definition) is 5. The SMILES string of the molecule is CCCCc1nc(Cl)c(C(=O)O)n1CC1CCC(C(C(=O)NS(=O)(=O)c2ccc(C)cc2)c2ccccc2)C1. The van der Waals surface area contributed by atoms with Crippen LogP contribution in [0.15, 0.2) is 59.5 Å². The Balaban J connectivity index is 1.57. The van der Waals surface area contributed by atoms with Gasteiger partial charge in [0.15, 0.2) is 10.8 Å². The number of nitrogens with zero attached hydrogens (tertiary/aromatic N) is 2. The highest BCUT2D eigenvalue weighted by molar-refractivity contribution is 7.90. The standard InChI is InChI=1S/C29H34ClN3O5S/c1-3-4-10-24-31-27(30)26(29(35)36)33(24)18-20-13-14-22(17-20)25(21-8-6-5-7-9-21)28(34)32-39(37,38)23-15-11-19(2)12-16-23/h5-9,11-12,15-16,20,22,25H,3-4,10,13-14,17-18H2,1-2H3,(H,32,34)(H,35,36). The molecule has 3 unspecified atom stereocenters. The number of aromatic nitrogens is 2. The highest BCUT2D eigenvalue weighted by atomic mass is 35.5. The van der Waals surface area contributed by atoms with Crippen LogP contribution in [0.2, 0.25) is 5.15 Å². The summed E-state index contributed by atoms with van der Waals surface area (Å²) in [5.74, 6) is -1.71. The Hall–Kier alpha value is -3.17. The highest BCUT2D eigenvalue weighted by Crippen LogP contribution is 2.42. The Kier molecular flexibility index (Phi) is 9.12. The van der Waals surface area contributed by atoms with Crippen molar-refractivity contribution in [3.8, 4) is 0 Å². The number of aromatic carboxylic acids is 1. The molecule has 208 valence electrons. The molecule has 1 heterocycles. The lowest BCUT2D eigenvalue weighted by Crippen LogP contribution is -2.37. The molecule has 1 fully saturated rings. The molecule has 8 nitrogen and oxygen atoms in total. The molecular weight excluding hydrogens is 538 g/mol. The van der Waals surface area contributed by atoms with Crippen LogP contribution in [0.1, 0.15) is 72.4 Å². The van der Waals surface area contributed by atoms with Crippen LogP contribution in [0, 0.1) is 18.8 Å². The number of rotatable bonds is 11. The van der Waals surface area contributed by atoms with Gasteiger partial charge in [-0.05, 0) is 62.1 Å². The van der Waals surface area contributed by atoms with Crippen LogP contribution in [0.3, 0.4) is 0 Å². The van der Waals surface area contributed by atoms with Crippen molar-refractivity contribution in [2.24, 2.45) is 11.8 Å². The van der Waals surface area contributed by atoms with E-state index in [-0.39, 0.29) is 27.6 Å². The maximum atomic E-state index is 13.6. The summed E-state index contributed by atoms with van der Waals surface area (Å²) in [5.41, 5.74) is 1.66. The molecule has 1 amide bonds. The van der Waals surface area contributed by atoms with E-state index >= 15 is 0 Å². The molecule has 1 saturated carbocycles. The first-order valence-corrected chi connectivity index (χ1v) is 15.1. The molecule has 10 heteroatoms. The minimum Gasteiger partial charge on any atom is -0.476 e. The third-order valence-electron chi connectivity index (χ3n) is 7.46. The number of amides is 1. The number of halogens is 1. The second-order valence-electron chi connectivity index (χ2n) is 10.3.